The van der Waals surface area contributed by atoms with Gasteiger partial charge < -0.3 is 4.98 Å². The summed E-state index contributed by atoms with van der Waals surface area (Å²) >= 11 is 3.33. The van der Waals surface area contributed by atoms with Gasteiger partial charge in [-0.25, -0.2) is 0 Å². The summed E-state index contributed by atoms with van der Waals surface area (Å²) in [4.78, 5) is 3.36. The van der Waals surface area contributed by atoms with Crippen molar-refractivity contribution in [2.45, 2.75) is 0 Å². The minimum Gasteiger partial charge on any atom is -0.386 e. The molecule has 1 heterocycles. The van der Waals surface area contributed by atoms with Crippen LogP contribution in [0, 0.1) is 0 Å². The molecule has 0 aliphatic rings. The molecular weight excluding hydrogens is 214 g/mol. The van der Waals surface area contributed by atoms with Crippen molar-refractivity contribution in [1.82, 2.24) is 4.98 Å². The van der Waals surface area contributed by atoms with Crippen LogP contribution in [0.4, 0.5) is 0 Å². The van der Waals surface area contributed by atoms with E-state index in [1.165, 1.54) is 14.7 Å². The summed E-state index contributed by atoms with van der Waals surface area (Å²) in [5.41, 5.74) is 1.24. The second-order valence-electron chi connectivity index (χ2n) is 2.52. The summed E-state index contributed by atoms with van der Waals surface area (Å²) in [6.45, 7) is 0. The van der Waals surface area contributed by atoms with Crippen LogP contribution in [0.2, 0.25) is 0 Å². The minimum atomic E-state index is -0.211. The summed E-state index contributed by atoms with van der Waals surface area (Å²) in [6, 6.07) is 10.6. The molecule has 3 heteroatoms. The molecular formula is C8H6BrMgN. The first kappa shape index (κ1) is 7.64. The Labute approximate surface area is 80.8 Å². The summed E-state index contributed by atoms with van der Waals surface area (Å²) < 4.78 is 1.37. The van der Waals surface area contributed by atoms with Crippen LogP contribution in [0.1, 0.15) is 0 Å². The van der Waals surface area contributed by atoms with Crippen LogP contribution in [0.15, 0.2) is 30.3 Å². The molecule has 0 atom stereocenters. The molecule has 0 saturated heterocycles. The summed E-state index contributed by atoms with van der Waals surface area (Å²) in [7, 11) is 0. The van der Waals surface area contributed by atoms with Crippen molar-refractivity contribution in [2.75, 3.05) is 0 Å². The lowest BCUT2D eigenvalue weighted by Crippen LogP contribution is -2.07. The van der Waals surface area contributed by atoms with E-state index in [9.17, 15) is 0 Å². The summed E-state index contributed by atoms with van der Waals surface area (Å²) in [6.07, 6.45) is 0. The maximum atomic E-state index is 3.54. The zero-order chi connectivity index (χ0) is 7.68. The van der Waals surface area contributed by atoms with Gasteiger partial charge in [-0.15, -0.1) is 0 Å². The van der Waals surface area contributed by atoms with Crippen molar-refractivity contribution in [3.63, 3.8) is 0 Å². The molecule has 2 rings (SSSR count). The third kappa shape index (κ3) is 1.45. The molecule has 1 N–H and O–H groups in total. The van der Waals surface area contributed by atoms with Gasteiger partial charge in [0.05, 0.1) is 0 Å². The highest BCUT2D eigenvalue weighted by Gasteiger charge is 1.99. The van der Waals surface area contributed by atoms with Gasteiger partial charge in [0.15, 0.2) is 0 Å². The van der Waals surface area contributed by atoms with Crippen molar-refractivity contribution in [1.29, 1.82) is 0 Å². The average molecular weight is 220 g/mol. The van der Waals surface area contributed by atoms with Crippen LogP contribution in [0.3, 0.4) is 0 Å². The van der Waals surface area contributed by atoms with Crippen LogP contribution in [0.5, 0.6) is 0 Å². The van der Waals surface area contributed by atoms with Gasteiger partial charge >= 0.3 is 18.2 Å². The Morgan fingerprint density at radius 2 is 2.09 bits per heavy atom. The second kappa shape index (κ2) is 3.17. The molecule has 11 heavy (non-hydrogen) atoms. The highest BCUT2D eigenvalue weighted by atomic mass is 79.9. The molecule has 0 unspecified atom stereocenters. The van der Waals surface area contributed by atoms with Gasteiger partial charge in [-0.05, 0) is 11.5 Å². The fourth-order valence-electron chi connectivity index (χ4n) is 1.21. The molecule has 0 aliphatic heterocycles. The van der Waals surface area contributed by atoms with Gasteiger partial charge in [-0.2, -0.15) is 0 Å². The Balaban J connectivity index is 2.69. The van der Waals surface area contributed by atoms with Gasteiger partial charge in [0.2, 0.25) is 0 Å². The number of aromatic nitrogens is 1. The minimum absolute atomic E-state index is 0.211. The maximum Gasteiger partial charge on any atom is 0.531 e. The number of nitrogens with one attached hydrogen (secondary N) is 1. The highest BCUT2D eigenvalue weighted by molar-refractivity contribution is 9.23. The Morgan fingerprint density at radius 3 is 2.82 bits per heavy atom. The fourth-order valence-corrected chi connectivity index (χ4v) is 2.67. The van der Waals surface area contributed by atoms with Gasteiger partial charge in [-0.3, -0.25) is 12.9 Å². The van der Waals surface area contributed by atoms with E-state index in [0.29, 0.717) is 0 Å². The van der Waals surface area contributed by atoms with Crippen LogP contribution in [-0.4, -0.2) is 23.2 Å². The van der Waals surface area contributed by atoms with Crippen molar-refractivity contribution in [3.05, 3.63) is 30.3 Å². The topological polar surface area (TPSA) is 15.8 Å². The first-order chi connectivity index (χ1) is 5.40. The number of H-pyrrole nitrogens is 1. The summed E-state index contributed by atoms with van der Waals surface area (Å²) in [5, 5.41) is 1.31. The standard InChI is InChI=1S/C8H6N.BrH.Mg/c1-2-4-8-7(3-1)5-6-9-8;;/h1-5,9H;1H;/q;;+1/p-1. The fraction of sp³-hybridized carbons (Fsp3) is 0. The number of fused-ring (bicyclic) bond motifs is 1. The number of hydrogen-bond donors (Lipinski definition) is 1. The normalized spacial score (nSPS) is 9.91. The van der Waals surface area contributed by atoms with Crippen molar-refractivity contribution < 1.29 is 0 Å². The van der Waals surface area contributed by atoms with E-state index in [1.54, 1.807) is 0 Å². The largest absolute Gasteiger partial charge is 0.531 e. The third-order valence-electron chi connectivity index (χ3n) is 1.73. The van der Waals surface area contributed by atoms with E-state index in [4.69, 9.17) is 0 Å². The Hall–Kier alpha value is 0.00623. The smallest absolute Gasteiger partial charge is 0.386 e. The molecule has 1 nitrogen and oxygen atoms in total. The molecule has 0 aliphatic carbocycles. The first-order valence-corrected chi connectivity index (χ1v) is 8.13. The number of rotatable bonds is 1. The van der Waals surface area contributed by atoms with E-state index in [1.807, 2.05) is 0 Å². The lowest BCUT2D eigenvalue weighted by molar-refractivity contribution is 1.54. The predicted molar refractivity (Wildman–Crippen MR) is 52.6 cm³/mol. The molecule has 0 fully saturated rings. The molecule has 1 aromatic heterocycles. The molecule has 1 aromatic carbocycles. The lowest BCUT2D eigenvalue weighted by Gasteiger charge is -1.84. The number of aromatic amines is 1. The molecule has 52 valence electrons. The van der Waals surface area contributed by atoms with E-state index in [2.05, 4.69) is 48.2 Å². The van der Waals surface area contributed by atoms with Crippen molar-refractivity contribution in [2.24, 2.45) is 0 Å². The Kier molecular flexibility index (Phi) is 2.20. The number of para-hydroxylation sites is 1. The zero-order valence-electron chi connectivity index (χ0n) is 5.97. The van der Waals surface area contributed by atoms with Crippen LogP contribution in [-0.2, 0) is 0 Å². The van der Waals surface area contributed by atoms with E-state index >= 15 is 0 Å². The second-order valence-corrected chi connectivity index (χ2v) is 5.23. The number of benzene rings is 1. The van der Waals surface area contributed by atoms with Gasteiger partial charge in [0, 0.05) is 5.52 Å². The SMILES string of the molecule is [Br][Mg][c]1cc2ccccc2[nH]1. The Bertz CT molecular complexity index is 336. The highest BCUT2D eigenvalue weighted by Crippen LogP contribution is 2.08. The van der Waals surface area contributed by atoms with Gasteiger partial charge in [-0.1, -0.05) is 28.1 Å². The molecule has 0 bridgehead atoms. The maximum absolute atomic E-state index is 3.54. The molecule has 0 radical (unpaired) electrons. The van der Waals surface area contributed by atoms with Crippen molar-refractivity contribution in [3.8, 4) is 0 Å². The molecule has 0 spiro atoms. The first-order valence-electron chi connectivity index (χ1n) is 3.53. The van der Waals surface area contributed by atoms with Crippen LogP contribution < -0.4 is 3.82 Å². The van der Waals surface area contributed by atoms with E-state index in [0.717, 1.165) is 0 Å². The summed E-state index contributed by atoms with van der Waals surface area (Å²) in [5.74, 6) is 0. The third-order valence-corrected chi connectivity index (χ3v) is 4.21. The molecule has 2 aromatic rings. The van der Waals surface area contributed by atoms with E-state index in [-0.39, 0.29) is 18.2 Å². The number of halogens is 1. The van der Waals surface area contributed by atoms with E-state index < -0.39 is 0 Å². The van der Waals surface area contributed by atoms with Crippen LogP contribution >= 0.6 is 12.9 Å². The lowest BCUT2D eigenvalue weighted by atomic mass is 10.3. The monoisotopic (exact) mass is 219 g/mol. The Morgan fingerprint density at radius 1 is 1.27 bits per heavy atom. The van der Waals surface area contributed by atoms with Gasteiger partial charge in [0.1, 0.15) is 0 Å². The average Bonchev–Trinajstić information content (AvgIpc) is 2.46. The van der Waals surface area contributed by atoms with Crippen LogP contribution in [0.25, 0.3) is 10.9 Å². The quantitative estimate of drug-likeness (QED) is 0.706. The van der Waals surface area contributed by atoms with Gasteiger partial charge in [0.25, 0.3) is 0 Å². The zero-order valence-corrected chi connectivity index (χ0v) is 8.97. The number of hydrogen-bond acceptors (Lipinski definition) is 0. The van der Waals surface area contributed by atoms with Crippen molar-refractivity contribution >= 4 is 45.8 Å². The predicted octanol–water partition coefficient (Wildman–Crippen LogP) is 1.81. The molecule has 0 saturated carbocycles. The molecule has 0 amide bonds.